The van der Waals surface area contributed by atoms with E-state index in [2.05, 4.69) is 19.2 Å². The molecule has 2 heterocycles. The highest BCUT2D eigenvalue weighted by molar-refractivity contribution is 7.18. The molecule has 0 amide bonds. The fourth-order valence-corrected chi connectivity index (χ4v) is 4.66. The fourth-order valence-electron chi connectivity index (χ4n) is 3.39. The monoisotopic (exact) mass is 317 g/mol. The van der Waals surface area contributed by atoms with Crippen molar-refractivity contribution in [2.45, 2.75) is 71.0 Å². The van der Waals surface area contributed by atoms with Gasteiger partial charge in [0.15, 0.2) is 0 Å². The van der Waals surface area contributed by atoms with Crippen molar-refractivity contribution in [3.05, 3.63) is 26.6 Å². The van der Waals surface area contributed by atoms with Crippen molar-refractivity contribution in [2.24, 2.45) is 0 Å². The molecule has 22 heavy (non-hydrogen) atoms. The van der Waals surface area contributed by atoms with Gasteiger partial charge in [0.2, 0.25) is 0 Å². The fraction of sp³-hybridized carbons (Fsp3) is 0.647. The molecule has 0 radical (unpaired) electrons. The number of rotatable bonds is 4. The standard InChI is InChI=1S/C17H23N3OS/c1-10(2)18-9-14-19-16-15(17(21)20(14)11-7-8-11)12-5-3-4-6-13(12)22-16/h10-11,18H,3-9H2,1-2H3. The second kappa shape index (κ2) is 5.46. The second-order valence-corrected chi connectivity index (χ2v) is 7.94. The van der Waals surface area contributed by atoms with Gasteiger partial charge < -0.3 is 5.32 Å². The van der Waals surface area contributed by atoms with Crippen LogP contribution >= 0.6 is 11.3 Å². The van der Waals surface area contributed by atoms with Crippen LogP contribution in [0.2, 0.25) is 0 Å². The van der Waals surface area contributed by atoms with Crippen LogP contribution in [0.15, 0.2) is 4.79 Å². The van der Waals surface area contributed by atoms with Gasteiger partial charge in [-0.1, -0.05) is 13.8 Å². The van der Waals surface area contributed by atoms with Crippen molar-refractivity contribution >= 4 is 21.6 Å². The Kier molecular flexibility index (Phi) is 3.57. The molecule has 1 saturated carbocycles. The molecule has 0 bridgehead atoms. The zero-order valence-electron chi connectivity index (χ0n) is 13.3. The third-order valence-electron chi connectivity index (χ3n) is 4.67. The minimum atomic E-state index is 0.215. The highest BCUT2D eigenvalue weighted by Gasteiger charge is 2.30. The first-order valence-electron chi connectivity index (χ1n) is 8.44. The van der Waals surface area contributed by atoms with E-state index in [1.54, 1.807) is 11.3 Å². The van der Waals surface area contributed by atoms with E-state index in [-0.39, 0.29) is 5.56 Å². The van der Waals surface area contributed by atoms with Crippen molar-refractivity contribution < 1.29 is 0 Å². The number of fused-ring (bicyclic) bond motifs is 3. The summed E-state index contributed by atoms with van der Waals surface area (Å²) >= 11 is 1.75. The second-order valence-electron chi connectivity index (χ2n) is 6.86. The summed E-state index contributed by atoms with van der Waals surface area (Å²) in [5, 5.41) is 4.35. The molecule has 0 saturated heterocycles. The lowest BCUT2D eigenvalue weighted by Gasteiger charge is -2.14. The van der Waals surface area contributed by atoms with E-state index in [0.29, 0.717) is 18.6 Å². The SMILES string of the molecule is CC(C)NCc1nc2sc3c(c2c(=O)n1C1CC1)CCCC3. The minimum absolute atomic E-state index is 0.215. The molecule has 2 aromatic heterocycles. The predicted molar refractivity (Wildman–Crippen MR) is 90.8 cm³/mol. The molecule has 2 aliphatic carbocycles. The average Bonchev–Trinajstić information content (AvgIpc) is 3.24. The number of aryl methyl sites for hydroxylation is 2. The van der Waals surface area contributed by atoms with Gasteiger partial charge in [-0.05, 0) is 44.1 Å². The summed E-state index contributed by atoms with van der Waals surface area (Å²) in [6.45, 7) is 4.94. The van der Waals surface area contributed by atoms with Gasteiger partial charge in [-0.3, -0.25) is 9.36 Å². The summed E-state index contributed by atoms with van der Waals surface area (Å²) in [5.41, 5.74) is 1.52. The number of nitrogens with zero attached hydrogens (tertiary/aromatic N) is 2. The predicted octanol–water partition coefficient (Wildman–Crippen LogP) is 3.17. The Balaban J connectivity index is 1.88. The van der Waals surface area contributed by atoms with E-state index in [4.69, 9.17) is 4.98 Å². The minimum Gasteiger partial charge on any atom is -0.308 e. The van der Waals surface area contributed by atoms with Crippen molar-refractivity contribution in [2.75, 3.05) is 0 Å². The molecule has 1 fully saturated rings. The van der Waals surface area contributed by atoms with Gasteiger partial charge in [0.25, 0.3) is 5.56 Å². The molecule has 0 aliphatic heterocycles. The zero-order chi connectivity index (χ0) is 15.3. The lowest BCUT2D eigenvalue weighted by Crippen LogP contribution is -2.30. The first-order valence-corrected chi connectivity index (χ1v) is 9.26. The van der Waals surface area contributed by atoms with Crippen molar-refractivity contribution in [3.63, 3.8) is 0 Å². The Morgan fingerprint density at radius 1 is 1.32 bits per heavy atom. The molecule has 1 N–H and O–H groups in total. The van der Waals surface area contributed by atoms with E-state index >= 15 is 0 Å². The van der Waals surface area contributed by atoms with Crippen LogP contribution in [0.1, 0.15) is 61.8 Å². The molecular weight excluding hydrogens is 294 g/mol. The molecular formula is C17H23N3OS. The first-order chi connectivity index (χ1) is 10.6. The van der Waals surface area contributed by atoms with E-state index in [1.165, 1.54) is 23.3 Å². The maximum Gasteiger partial charge on any atom is 0.262 e. The Morgan fingerprint density at radius 3 is 2.82 bits per heavy atom. The molecule has 0 unspecified atom stereocenters. The highest BCUT2D eigenvalue weighted by Crippen LogP contribution is 2.37. The molecule has 4 nitrogen and oxygen atoms in total. The summed E-state index contributed by atoms with van der Waals surface area (Å²) in [7, 11) is 0. The number of nitrogens with one attached hydrogen (secondary N) is 1. The summed E-state index contributed by atoms with van der Waals surface area (Å²) in [4.78, 5) is 20.4. The molecule has 118 valence electrons. The van der Waals surface area contributed by atoms with Crippen LogP contribution in [0.3, 0.4) is 0 Å². The van der Waals surface area contributed by atoms with Crippen LogP contribution in [0, 0.1) is 0 Å². The lowest BCUT2D eigenvalue weighted by atomic mass is 9.97. The summed E-state index contributed by atoms with van der Waals surface area (Å²) < 4.78 is 1.99. The molecule has 0 spiro atoms. The van der Waals surface area contributed by atoms with Crippen LogP contribution in [0.4, 0.5) is 0 Å². The van der Waals surface area contributed by atoms with Crippen molar-refractivity contribution in [1.82, 2.24) is 14.9 Å². The molecule has 5 heteroatoms. The molecule has 2 aromatic rings. The van der Waals surface area contributed by atoms with Gasteiger partial charge in [-0.2, -0.15) is 0 Å². The number of hydrogen-bond donors (Lipinski definition) is 1. The molecule has 2 aliphatic rings. The number of hydrogen-bond acceptors (Lipinski definition) is 4. The maximum atomic E-state index is 13.1. The maximum absolute atomic E-state index is 13.1. The van der Waals surface area contributed by atoms with Gasteiger partial charge >= 0.3 is 0 Å². The Bertz CT molecular complexity index is 770. The summed E-state index contributed by atoms with van der Waals surface area (Å²) in [5.74, 6) is 0.923. The van der Waals surface area contributed by atoms with Gasteiger partial charge in [0.1, 0.15) is 10.7 Å². The van der Waals surface area contributed by atoms with Crippen LogP contribution in [-0.4, -0.2) is 15.6 Å². The number of aromatic nitrogens is 2. The summed E-state index contributed by atoms with van der Waals surface area (Å²) in [6.07, 6.45) is 6.87. The first kappa shape index (κ1) is 14.4. The van der Waals surface area contributed by atoms with Crippen LogP contribution in [-0.2, 0) is 19.4 Å². The average molecular weight is 317 g/mol. The van der Waals surface area contributed by atoms with E-state index in [0.717, 1.165) is 41.7 Å². The Labute approximate surface area is 134 Å². The zero-order valence-corrected chi connectivity index (χ0v) is 14.1. The Hall–Kier alpha value is -1.20. The quantitative estimate of drug-likeness (QED) is 0.942. The third-order valence-corrected chi connectivity index (χ3v) is 5.86. The lowest BCUT2D eigenvalue weighted by molar-refractivity contribution is 0.536. The Morgan fingerprint density at radius 2 is 2.09 bits per heavy atom. The van der Waals surface area contributed by atoms with Gasteiger partial charge in [0.05, 0.1) is 11.9 Å². The third kappa shape index (κ3) is 2.40. The molecule has 0 aromatic carbocycles. The van der Waals surface area contributed by atoms with Crippen molar-refractivity contribution in [1.29, 1.82) is 0 Å². The van der Waals surface area contributed by atoms with Crippen molar-refractivity contribution in [3.8, 4) is 0 Å². The topological polar surface area (TPSA) is 46.9 Å². The highest BCUT2D eigenvalue weighted by atomic mass is 32.1. The summed E-state index contributed by atoms with van der Waals surface area (Å²) in [6, 6.07) is 0.782. The molecule has 0 atom stereocenters. The normalized spacial score (nSPS) is 18.1. The van der Waals surface area contributed by atoms with E-state index in [1.807, 2.05) is 4.57 Å². The number of thiophene rings is 1. The van der Waals surface area contributed by atoms with E-state index in [9.17, 15) is 4.79 Å². The van der Waals surface area contributed by atoms with Gasteiger partial charge in [-0.25, -0.2) is 4.98 Å². The van der Waals surface area contributed by atoms with Crippen LogP contribution < -0.4 is 10.9 Å². The largest absolute Gasteiger partial charge is 0.308 e. The van der Waals surface area contributed by atoms with E-state index < -0.39 is 0 Å². The molecule has 4 rings (SSSR count). The van der Waals surface area contributed by atoms with Crippen LogP contribution in [0.5, 0.6) is 0 Å². The van der Waals surface area contributed by atoms with Gasteiger partial charge in [0, 0.05) is 17.0 Å². The van der Waals surface area contributed by atoms with Crippen LogP contribution in [0.25, 0.3) is 10.2 Å². The smallest absolute Gasteiger partial charge is 0.262 e. The van der Waals surface area contributed by atoms with Gasteiger partial charge in [-0.15, -0.1) is 11.3 Å².